The van der Waals surface area contributed by atoms with E-state index in [0.29, 0.717) is 0 Å². The van der Waals surface area contributed by atoms with Crippen LogP contribution in [0.3, 0.4) is 0 Å². The summed E-state index contributed by atoms with van der Waals surface area (Å²) >= 11 is 0. The van der Waals surface area contributed by atoms with Crippen molar-refractivity contribution in [3.05, 3.63) is 34.9 Å². The van der Waals surface area contributed by atoms with Crippen LogP contribution in [0.2, 0.25) is 0 Å². The third-order valence-corrected chi connectivity index (χ3v) is 5.10. The van der Waals surface area contributed by atoms with E-state index in [0.717, 1.165) is 42.8 Å². The molecule has 0 N–H and O–H groups in total. The molecular weight excluding hydrogens is 276 g/mol. The van der Waals surface area contributed by atoms with Crippen LogP contribution in [-0.4, -0.2) is 13.1 Å². The van der Waals surface area contributed by atoms with Gasteiger partial charge in [0.2, 0.25) is 0 Å². The van der Waals surface area contributed by atoms with Gasteiger partial charge in [-0.2, -0.15) is 0 Å². The second-order valence-electron chi connectivity index (χ2n) is 6.83. The van der Waals surface area contributed by atoms with Crippen LogP contribution >= 0.6 is 0 Å². The zero-order valence-electron chi connectivity index (χ0n) is 13.9. The Labute approximate surface area is 132 Å². The Kier molecular flexibility index (Phi) is 3.75. The second kappa shape index (κ2) is 5.45. The first-order chi connectivity index (χ1) is 10.5. The van der Waals surface area contributed by atoms with Crippen molar-refractivity contribution in [2.45, 2.75) is 46.5 Å². The zero-order valence-corrected chi connectivity index (χ0v) is 13.9. The number of esters is 1. The molecule has 1 aromatic carbocycles. The van der Waals surface area contributed by atoms with Gasteiger partial charge in [0, 0.05) is 5.56 Å². The molecule has 1 aliphatic heterocycles. The van der Waals surface area contributed by atoms with Gasteiger partial charge in [-0.25, -0.2) is 0 Å². The number of ether oxygens (including phenoxy) is 2. The first kappa shape index (κ1) is 15.1. The third-order valence-electron chi connectivity index (χ3n) is 5.10. The normalized spacial score (nSPS) is 22.7. The van der Waals surface area contributed by atoms with Crippen LogP contribution in [0, 0.1) is 11.3 Å². The lowest BCUT2D eigenvalue weighted by Gasteiger charge is -2.41. The van der Waals surface area contributed by atoms with Crippen molar-refractivity contribution >= 4 is 11.7 Å². The molecule has 3 nitrogen and oxygen atoms in total. The van der Waals surface area contributed by atoms with E-state index in [-0.39, 0.29) is 11.9 Å². The van der Waals surface area contributed by atoms with E-state index in [1.54, 1.807) is 7.11 Å². The quantitative estimate of drug-likeness (QED) is 0.778. The highest BCUT2D eigenvalue weighted by molar-refractivity contribution is 5.88. The van der Waals surface area contributed by atoms with E-state index in [4.69, 9.17) is 9.47 Å². The Morgan fingerprint density at radius 1 is 1.32 bits per heavy atom. The van der Waals surface area contributed by atoms with Crippen LogP contribution in [0.25, 0.3) is 5.76 Å². The van der Waals surface area contributed by atoms with Crippen molar-refractivity contribution < 1.29 is 14.3 Å². The minimum absolute atomic E-state index is 0.103. The van der Waals surface area contributed by atoms with E-state index in [2.05, 4.69) is 13.0 Å². The summed E-state index contributed by atoms with van der Waals surface area (Å²) in [7, 11) is 1.68. The van der Waals surface area contributed by atoms with Crippen molar-refractivity contribution in [2.24, 2.45) is 11.3 Å². The van der Waals surface area contributed by atoms with E-state index in [1.807, 2.05) is 26.0 Å². The highest BCUT2D eigenvalue weighted by Crippen LogP contribution is 2.49. The molecule has 0 saturated heterocycles. The van der Waals surface area contributed by atoms with Gasteiger partial charge < -0.3 is 9.47 Å². The molecule has 0 radical (unpaired) electrons. The van der Waals surface area contributed by atoms with Crippen molar-refractivity contribution in [2.75, 3.05) is 7.11 Å². The minimum atomic E-state index is -0.432. The SMILES string of the molecule is CCC[C@H]1C2=C(OC(=O)C1(C)C)c1ccc(OC)cc1CC2. The van der Waals surface area contributed by atoms with Crippen LogP contribution < -0.4 is 4.74 Å². The molecule has 0 bridgehead atoms. The van der Waals surface area contributed by atoms with Gasteiger partial charge in [-0.1, -0.05) is 13.3 Å². The number of hydrogen-bond donors (Lipinski definition) is 0. The fraction of sp³-hybridized carbons (Fsp3) is 0.526. The van der Waals surface area contributed by atoms with Crippen LogP contribution in [0.15, 0.2) is 23.8 Å². The molecule has 1 heterocycles. The Morgan fingerprint density at radius 2 is 2.09 bits per heavy atom. The largest absolute Gasteiger partial charge is 0.497 e. The highest BCUT2D eigenvalue weighted by atomic mass is 16.5. The van der Waals surface area contributed by atoms with Gasteiger partial charge in [0.05, 0.1) is 12.5 Å². The number of allylic oxidation sites excluding steroid dienone is 1. The monoisotopic (exact) mass is 300 g/mol. The topological polar surface area (TPSA) is 35.5 Å². The molecule has 0 aromatic heterocycles. The molecular formula is C19H24O3. The zero-order chi connectivity index (χ0) is 15.9. The number of benzene rings is 1. The van der Waals surface area contributed by atoms with Crippen molar-refractivity contribution in [3.63, 3.8) is 0 Å². The van der Waals surface area contributed by atoms with Crippen LogP contribution in [-0.2, 0) is 16.0 Å². The number of hydrogen-bond acceptors (Lipinski definition) is 3. The average molecular weight is 300 g/mol. The standard InChI is InChI=1S/C19H24O3/c1-5-6-16-15-9-7-12-11-13(21-4)8-10-14(12)17(15)22-18(20)19(16,2)3/h8,10-11,16H,5-7,9H2,1-4H3/t16-/m0/s1. The number of fused-ring (bicyclic) bond motifs is 2. The van der Waals surface area contributed by atoms with Crippen LogP contribution in [0.4, 0.5) is 0 Å². The summed E-state index contributed by atoms with van der Waals surface area (Å²) in [5.41, 5.74) is 3.16. The molecule has 3 heteroatoms. The molecule has 0 spiro atoms. The van der Waals surface area contributed by atoms with Gasteiger partial charge in [-0.15, -0.1) is 0 Å². The smallest absolute Gasteiger partial charge is 0.317 e. The fourth-order valence-electron chi connectivity index (χ4n) is 3.76. The van der Waals surface area contributed by atoms with Crippen LogP contribution in [0.1, 0.15) is 51.2 Å². The van der Waals surface area contributed by atoms with Gasteiger partial charge in [-0.05, 0) is 68.4 Å². The highest BCUT2D eigenvalue weighted by Gasteiger charge is 2.46. The Bertz CT molecular complexity index is 640. The predicted octanol–water partition coefficient (Wildman–Crippen LogP) is 4.35. The Hall–Kier alpha value is -1.77. The lowest BCUT2D eigenvalue weighted by Crippen LogP contribution is -2.40. The first-order valence-electron chi connectivity index (χ1n) is 8.11. The molecule has 0 amide bonds. The maximum Gasteiger partial charge on any atom is 0.317 e. The summed E-state index contributed by atoms with van der Waals surface area (Å²) in [5, 5.41) is 0. The number of rotatable bonds is 3. The maximum atomic E-state index is 12.5. The molecule has 0 saturated carbocycles. The number of aryl methyl sites for hydroxylation is 1. The van der Waals surface area contributed by atoms with Crippen molar-refractivity contribution in [1.29, 1.82) is 0 Å². The number of carbonyl (C=O) groups is 1. The Morgan fingerprint density at radius 3 is 2.77 bits per heavy atom. The van der Waals surface area contributed by atoms with E-state index >= 15 is 0 Å². The molecule has 0 unspecified atom stereocenters. The molecule has 1 aromatic rings. The summed E-state index contributed by atoms with van der Waals surface area (Å²) in [6.07, 6.45) is 4.07. The summed E-state index contributed by atoms with van der Waals surface area (Å²) < 4.78 is 11.1. The van der Waals surface area contributed by atoms with E-state index in [1.165, 1.54) is 11.1 Å². The number of methoxy groups -OCH3 is 1. The maximum absolute atomic E-state index is 12.5. The molecule has 1 atom stereocenters. The van der Waals surface area contributed by atoms with Crippen LogP contribution in [0.5, 0.6) is 5.75 Å². The van der Waals surface area contributed by atoms with Crippen molar-refractivity contribution in [3.8, 4) is 5.75 Å². The summed E-state index contributed by atoms with van der Waals surface area (Å²) in [6.45, 7) is 6.21. The molecule has 3 rings (SSSR count). The Balaban J connectivity index is 2.11. The van der Waals surface area contributed by atoms with Gasteiger partial charge >= 0.3 is 5.97 Å². The molecule has 22 heavy (non-hydrogen) atoms. The summed E-state index contributed by atoms with van der Waals surface area (Å²) in [4.78, 5) is 12.5. The molecule has 118 valence electrons. The molecule has 0 fully saturated rings. The fourth-order valence-corrected chi connectivity index (χ4v) is 3.76. The second-order valence-corrected chi connectivity index (χ2v) is 6.83. The van der Waals surface area contributed by atoms with Gasteiger partial charge in [-0.3, -0.25) is 4.79 Å². The van der Waals surface area contributed by atoms with E-state index in [9.17, 15) is 4.79 Å². The first-order valence-corrected chi connectivity index (χ1v) is 8.11. The molecule has 2 aliphatic rings. The average Bonchev–Trinajstić information content (AvgIpc) is 2.51. The summed E-state index contributed by atoms with van der Waals surface area (Å²) in [5.74, 6) is 1.85. The van der Waals surface area contributed by atoms with Gasteiger partial charge in [0.1, 0.15) is 11.5 Å². The van der Waals surface area contributed by atoms with Crippen molar-refractivity contribution in [1.82, 2.24) is 0 Å². The van der Waals surface area contributed by atoms with E-state index < -0.39 is 5.41 Å². The minimum Gasteiger partial charge on any atom is -0.497 e. The number of carbonyl (C=O) groups excluding carboxylic acids is 1. The lowest BCUT2D eigenvalue weighted by atomic mass is 9.67. The molecule has 1 aliphatic carbocycles. The summed E-state index contributed by atoms with van der Waals surface area (Å²) in [6, 6.07) is 6.02. The van der Waals surface area contributed by atoms with Gasteiger partial charge in [0.25, 0.3) is 0 Å². The lowest BCUT2D eigenvalue weighted by molar-refractivity contribution is -0.151. The third kappa shape index (κ3) is 2.23. The predicted molar refractivity (Wildman–Crippen MR) is 86.5 cm³/mol. The van der Waals surface area contributed by atoms with Gasteiger partial charge in [0.15, 0.2) is 0 Å².